The van der Waals surface area contributed by atoms with Crippen molar-refractivity contribution in [2.75, 3.05) is 48.0 Å². The van der Waals surface area contributed by atoms with Crippen LogP contribution in [0.2, 0.25) is 0 Å². The second-order valence-corrected chi connectivity index (χ2v) is 8.53. The third-order valence-electron chi connectivity index (χ3n) is 4.86. The van der Waals surface area contributed by atoms with E-state index in [0.717, 1.165) is 0 Å². The van der Waals surface area contributed by atoms with Gasteiger partial charge in [-0.25, -0.2) is 9.18 Å². The first-order valence-electron chi connectivity index (χ1n) is 10.4. The molecule has 1 amide bonds. The molecule has 0 atom stereocenters. The predicted molar refractivity (Wildman–Crippen MR) is 121 cm³/mol. The zero-order valence-corrected chi connectivity index (χ0v) is 18.4. The lowest BCUT2D eigenvalue weighted by atomic mass is 10.2. The normalized spacial score (nSPS) is 16.2. The Bertz CT molecular complexity index is 984. The maximum atomic E-state index is 13.3. The van der Waals surface area contributed by atoms with Gasteiger partial charge in [0.05, 0.1) is 0 Å². The van der Waals surface area contributed by atoms with Crippen molar-refractivity contribution in [2.24, 2.45) is 5.10 Å². The van der Waals surface area contributed by atoms with Crippen molar-refractivity contribution < 1.29 is 13.9 Å². The third kappa shape index (κ3) is 5.34. The van der Waals surface area contributed by atoms with Crippen LogP contribution < -0.4 is 20.5 Å². The summed E-state index contributed by atoms with van der Waals surface area (Å²) in [5.74, 6) is 1.48. The molecule has 2 aliphatic heterocycles. The van der Waals surface area contributed by atoms with Crippen molar-refractivity contribution in [3.63, 3.8) is 0 Å². The molecule has 10 nitrogen and oxygen atoms in total. The molecular formula is C21H27FN8O2. The fraction of sp³-hybridized carbons (Fsp3) is 0.429. The number of ether oxygens (including phenoxy) is 1. The van der Waals surface area contributed by atoms with E-state index in [9.17, 15) is 9.18 Å². The number of nitrogens with zero attached hydrogens (tertiary/aromatic N) is 6. The molecule has 1 aromatic heterocycles. The summed E-state index contributed by atoms with van der Waals surface area (Å²) >= 11 is 0. The monoisotopic (exact) mass is 442 g/mol. The van der Waals surface area contributed by atoms with Gasteiger partial charge in [-0.2, -0.15) is 15.1 Å². The molecule has 11 heteroatoms. The summed E-state index contributed by atoms with van der Waals surface area (Å²) in [7, 11) is 0. The second-order valence-electron chi connectivity index (χ2n) is 8.53. The second kappa shape index (κ2) is 8.85. The molecule has 2 aliphatic rings. The Morgan fingerprint density at radius 1 is 1.12 bits per heavy atom. The zero-order chi connectivity index (χ0) is 22.7. The molecular weight excluding hydrogens is 415 g/mol. The summed E-state index contributed by atoms with van der Waals surface area (Å²) in [5, 5.41) is 7.23. The topological polar surface area (TPSA) is 98.2 Å². The van der Waals surface area contributed by atoms with Crippen molar-refractivity contribution in [1.82, 2.24) is 20.3 Å². The van der Waals surface area contributed by atoms with Gasteiger partial charge in [-0.15, -0.1) is 0 Å². The largest absolute Gasteiger partial charge is 0.444 e. The molecule has 3 heterocycles. The number of hydrogen-bond acceptors (Lipinski definition) is 9. The van der Waals surface area contributed by atoms with E-state index in [0.29, 0.717) is 56.1 Å². The number of benzene rings is 1. The van der Waals surface area contributed by atoms with Crippen LogP contribution in [-0.2, 0) is 4.74 Å². The first-order valence-corrected chi connectivity index (χ1v) is 10.4. The molecule has 1 aromatic carbocycles. The first kappa shape index (κ1) is 21.6. The molecule has 2 aromatic rings. The minimum absolute atomic E-state index is 0.304. The zero-order valence-electron chi connectivity index (χ0n) is 18.4. The summed E-state index contributed by atoms with van der Waals surface area (Å²) in [6, 6.07) is 7.88. The van der Waals surface area contributed by atoms with E-state index >= 15 is 0 Å². The van der Waals surface area contributed by atoms with Crippen LogP contribution in [-0.4, -0.2) is 65.7 Å². The number of carbonyl (C=O) groups is 1. The number of hydrazone groups is 1. The van der Waals surface area contributed by atoms with Gasteiger partial charge >= 0.3 is 6.09 Å². The minimum Gasteiger partial charge on any atom is -0.444 e. The van der Waals surface area contributed by atoms with Crippen molar-refractivity contribution in [3.8, 4) is 0 Å². The third-order valence-corrected chi connectivity index (χ3v) is 4.86. The molecule has 1 saturated heterocycles. The molecule has 170 valence electrons. The Hall–Kier alpha value is -3.63. The van der Waals surface area contributed by atoms with Gasteiger partial charge in [-0.1, -0.05) is 0 Å². The van der Waals surface area contributed by atoms with Crippen LogP contribution in [0.25, 0.3) is 0 Å². The summed E-state index contributed by atoms with van der Waals surface area (Å²) in [5.41, 5.74) is 3.07. The Labute approximate surface area is 186 Å². The van der Waals surface area contributed by atoms with Crippen LogP contribution in [0.3, 0.4) is 0 Å². The average Bonchev–Trinajstić information content (AvgIpc) is 3.29. The lowest BCUT2D eigenvalue weighted by molar-refractivity contribution is 0.0240. The SMILES string of the molecule is CC(C)(C)OC(=O)N1CCN(c2nc(Nc3ccc(F)cc3)cc(N3C=NNC3)n2)CC1. The fourth-order valence-electron chi connectivity index (χ4n) is 3.28. The highest BCUT2D eigenvalue weighted by Crippen LogP contribution is 2.24. The molecule has 0 radical (unpaired) electrons. The van der Waals surface area contributed by atoms with Crippen molar-refractivity contribution in [2.45, 2.75) is 26.4 Å². The Kier molecular flexibility index (Phi) is 5.97. The predicted octanol–water partition coefficient (Wildman–Crippen LogP) is 2.73. The van der Waals surface area contributed by atoms with Gasteiger partial charge in [-0.05, 0) is 45.0 Å². The van der Waals surface area contributed by atoms with E-state index in [1.807, 2.05) is 36.6 Å². The van der Waals surface area contributed by atoms with Crippen LogP contribution in [0.5, 0.6) is 0 Å². The molecule has 0 saturated carbocycles. The number of carbonyl (C=O) groups excluding carboxylic acids is 1. The van der Waals surface area contributed by atoms with Gasteiger partial charge in [0.2, 0.25) is 5.95 Å². The highest BCUT2D eigenvalue weighted by atomic mass is 19.1. The molecule has 1 fully saturated rings. The maximum Gasteiger partial charge on any atom is 0.410 e. The van der Waals surface area contributed by atoms with E-state index in [2.05, 4.69) is 20.8 Å². The highest BCUT2D eigenvalue weighted by Gasteiger charge is 2.27. The molecule has 32 heavy (non-hydrogen) atoms. The summed E-state index contributed by atoms with van der Waals surface area (Å²) < 4.78 is 18.7. The van der Waals surface area contributed by atoms with Crippen LogP contribution in [0.4, 0.5) is 32.5 Å². The number of amides is 1. The van der Waals surface area contributed by atoms with E-state index in [4.69, 9.17) is 9.72 Å². The van der Waals surface area contributed by atoms with Gasteiger partial charge in [0.1, 0.15) is 36.1 Å². The fourth-order valence-corrected chi connectivity index (χ4v) is 3.28. The van der Waals surface area contributed by atoms with Gasteiger partial charge < -0.3 is 19.9 Å². The molecule has 0 bridgehead atoms. The quantitative estimate of drug-likeness (QED) is 0.746. The summed E-state index contributed by atoms with van der Waals surface area (Å²) in [6.45, 7) is 8.23. The Balaban J connectivity index is 1.51. The molecule has 0 spiro atoms. The lowest BCUT2D eigenvalue weighted by Gasteiger charge is -2.35. The minimum atomic E-state index is -0.530. The van der Waals surface area contributed by atoms with Crippen LogP contribution in [0.15, 0.2) is 35.4 Å². The van der Waals surface area contributed by atoms with Gasteiger partial charge in [0.25, 0.3) is 0 Å². The number of piperazine rings is 1. The van der Waals surface area contributed by atoms with Crippen LogP contribution in [0.1, 0.15) is 20.8 Å². The standard InChI is InChI=1S/C21H27FN8O2/c1-21(2,3)32-20(31)29-10-8-28(9-11-29)19-26-17(25-16-6-4-15(22)5-7-16)12-18(27-19)30-13-23-24-14-30/h4-7,12-13,24H,8-11,14H2,1-3H3,(H,25,26,27). The smallest absolute Gasteiger partial charge is 0.410 e. The van der Waals surface area contributed by atoms with Gasteiger partial charge in [0, 0.05) is 37.9 Å². The highest BCUT2D eigenvalue weighted by molar-refractivity contribution is 5.80. The Morgan fingerprint density at radius 2 is 1.84 bits per heavy atom. The van der Waals surface area contributed by atoms with Crippen LogP contribution in [0, 0.1) is 5.82 Å². The molecule has 4 rings (SSSR count). The van der Waals surface area contributed by atoms with E-state index in [1.54, 1.807) is 23.4 Å². The summed E-state index contributed by atoms with van der Waals surface area (Å²) in [6.07, 6.45) is 1.35. The number of nitrogens with one attached hydrogen (secondary N) is 2. The first-order chi connectivity index (χ1) is 15.3. The number of rotatable bonds is 4. The van der Waals surface area contributed by atoms with E-state index < -0.39 is 5.60 Å². The van der Waals surface area contributed by atoms with Crippen molar-refractivity contribution in [1.29, 1.82) is 0 Å². The van der Waals surface area contributed by atoms with Crippen molar-refractivity contribution in [3.05, 3.63) is 36.1 Å². The average molecular weight is 442 g/mol. The number of hydrogen-bond donors (Lipinski definition) is 2. The number of anilines is 4. The van der Waals surface area contributed by atoms with Gasteiger partial charge in [-0.3, -0.25) is 10.3 Å². The number of aromatic nitrogens is 2. The Morgan fingerprint density at radius 3 is 2.47 bits per heavy atom. The van der Waals surface area contributed by atoms with Gasteiger partial charge in [0.15, 0.2) is 0 Å². The number of halogens is 1. The molecule has 0 aliphatic carbocycles. The van der Waals surface area contributed by atoms with E-state index in [-0.39, 0.29) is 11.9 Å². The maximum absolute atomic E-state index is 13.3. The molecule has 0 unspecified atom stereocenters. The van der Waals surface area contributed by atoms with Crippen molar-refractivity contribution >= 4 is 35.7 Å². The van der Waals surface area contributed by atoms with E-state index in [1.165, 1.54) is 12.1 Å². The van der Waals surface area contributed by atoms with Crippen LogP contribution >= 0.6 is 0 Å². The molecule has 2 N–H and O–H groups in total. The summed E-state index contributed by atoms with van der Waals surface area (Å²) in [4.78, 5) is 27.3. The lowest BCUT2D eigenvalue weighted by Crippen LogP contribution is -2.50.